The molecule has 0 aliphatic carbocycles. The molecule has 0 aromatic carbocycles. The molecule has 0 aliphatic heterocycles. The Kier molecular flexibility index (Phi) is 4.14. The van der Waals surface area contributed by atoms with Gasteiger partial charge < -0.3 is 10.4 Å². The molecule has 0 amide bonds. The molecule has 5 heteroatoms. The molecule has 2 aromatic heterocycles. The molecular weight excluding hydrogens is 294 g/mol. The maximum atomic E-state index is 9.16. The van der Waals surface area contributed by atoms with E-state index < -0.39 is 0 Å². The van der Waals surface area contributed by atoms with Gasteiger partial charge in [0.1, 0.15) is 5.52 Å². The van der Waals surface area contributed by atoms with Gasteiger partial charge in [0.05, 0.1) is 11.2 Å². The van der Waals surface area contributed by atoms with Gasteiger partial charge in [-0.05, 0) is 40.9 Å². The normalized spacial score (nSPS) is 14.4. The topological polar surface area (TPSA) is 58.0 Å². The first-order valence-electron chi connectivity index (χ1n) is 5.89. The summed E-state index contributed by atoms with van der Waals surface area (Å²) in [6.07, 6.45) is 3.52. The second-order valence-corrected chi connectivity index (χ2v) is 5.39. The van der Waals surface area contributed by atoms with E-state index in [2.05, 4.69) is 31.2 Å². The number of anilines is 1. The van der Waals surface area contributed by atoms with Crippen LogP contribution in [0.4, 0.5) is 5.69 Å². The summed E-state index contributed by atoms with van der Waals surface area (Å²) in [5.74, 6) is 0.184. The van der Waals surface area contributed by atoms with Crippen LogP contribution in [0.15, 0.2) is 29.0 Å². The summed E-state index contributed by atoms with van der Waals surface area (Å²) in [5, 5.41) is 12.5. The lowest BCUT2D eigenvalue weighted by Gasteiger charge is -2.21. The summed E-state index contributed by atoms with van der Waals surface area (Å²) in [5.41, 5.74) is 2.64. The average Bonchev–Trinajstić information content (AvgIpc) is 2.37. The van der Waals surface area contributed by atoms with Crippen LogP contribution in [-0.2, 0) is 0 Å². The summed E-state index contributed by atoms with van der Waals surface area (Å²) in [6, 6.07) is 4.02. The maximum absolute atomic E-state index is 9.16. The largest absolute Gasteiger partial charge is 0.396 e. The van der Waals surface area contributed by atoms with Crippen molar-refractivity contribution in [1.82, 2.24) is 9.97 Å². The zero-order valence-electron chi connectivity index (χ0n) is 10.4. The molecule has 0 radical (unpaired) electrons. The Labute approximate surface area is 115 Å². The van der Waals surface area contributed by atoms with Gasteiger partial charge in [0.15, 0.2) is 0 Å². The first kappa shape index (κ1) is 13.2. The minimum absolute atomic E-state index is 0.163. The zero-order valence-corrected chi connectivity index (χ0v) is 12.0. The van der Waals surface area contributed by atoms with Crippen molar-refractivity contribution < 1.29 is 5.11 Å². The van der Waals surface area contributed by atoms with Gasteiger partial charge in [0.25, 0.3) is 0 Å². The molecule has 0 fully saturated rings. The average molecular weight is 310 g/mol. The van der Waals surface area contributed by atoms with E-state index in [0.29, 0.717) is 0 Å². The van der Waals surface area contributed by atoms with Gasteiger partial charge in [-0.2, -0.15) is 0 Å². The minimum Gasteiger partial charge on any atom is -0.396 e. The molecule has 0 saturated carbocycles. The molecule has 96 valence electrons. The van der Waals surface area contributed by atoms with Gasteiger partial charge in [0, 0.05) is 29.5 Å². The fourth-order valence-electron chi connectivity index (χ4n) is 1.67. The van der Waals surface area contributed by atoms with Gasteiger partial charge in [-0.1, -0.05) is 6.92 Å². The number of halogens is 1. The summed E-state index contributed by atoms with van der Waals surface area (Å²) in [6.45, 7) is 4.22. The zero-order chi connectivity index (χ0) is 13.1. The first-order valence-corrected chi connectivity index (χ1v) is 6.68. The van der Waals surface area contributed by atoms with Crippen LogP contribution in [0, 0.1) is 5.92 Å². The Morgan fingerprint density at radius 3 is 2.89 bits per heavy atom. The van der Waals surface area contributed by atoms with E-state index in [9.17, 15) is 0 Å². The summed E-state index contributed by atoms with van der Waals surface area (Å²) in [7, 11) is 0. The van der Waals surface area contributed by atoms with E-state index in [1.54, 1.807) is 12.4 Å². The van der Waals surface area contributed by atoms with Crippen molar-refractivity contribution in [2.75, 3.05) is 11.9 Å². The lowest BCUT2D eigenvalue weighted by atomic mass is 10.0. The van der Waals surface area contributed by atoms with Gasteiger partial charge in [-0.25, -0.2) is 0 Å². The second-order valence-electron chi connectivity index (χ2n) is 4.47. The number of nitrogens with one attached hydrogen (secondary N) is 1. The predicted octanol–water partition coefficient (Wildman–Crippen LogP) is 2.82. The third kappa shape index (κ3) is 2.79. The molecule has 18 heavy (non-hydrogen) atoms. The van der Waals surface area contributed by atoms with E-state index in [1.807, 2.05) is 26.0 Å². The number of aliphatic hydroxyl groups excluding tert-OH is 1. The van der Waals surface area contributed by atoms with Crippen molar-refractivity contribution in [3.8, 4) is 0 Å². The molecule has 2 heterocycles. The summed E-state index contributed by atoms with van der Waals surface area (Å²) >= 11 is 3.39. The molecule has 2 unspecified atom stereocenters. The van der Waals surface area contributed by atoms with Crippen LogP contribution >= 0.6 is 15.9 Å². The van der Waals surface area contributed by atoms with Crippen molar-refractivity contribution in [2.45, 2.75) is 19.9 Å². The Bertz CT molecular complexity index is 547. The molecule has 4 nitrogen and oxygen atoms in total. The number of pyridine rings is 2. The smallest absolute Gasteiger partial charge is 0.112 e. The Morgan fingerprint density at radius 2 is 2.17 bits per heavy atom. The molecule has 2 aromatic rings. The molecule has 2 atom stereocenters. The van der Waals surface area contributed by atoms with E-state index in [0.717, 1.165) is 21.2 Å². The molecule has 0 bridgehead atoms. The number of aliphatic hydroxyl groups is 1. The molecule has 0 spiro atoms. The number of rotatable bonds is 4. The van der Waals surface area contributed by atoms with Crippen LogP contribution in [-0.4, -0.2) is 27.7 Å². The highest BCUT2D eigenvalue weighted by atomic mass is 79.9. The highest BCUT2D eigenvalue weighted by molar-refractivity contribution is 9.10. The van der Waals surface area contributed by atoms with Crippen molar-refractivity contribution >= 4 is 32.7 Å². The number of hydrogen-bond donors (Lipinski definition) is 2. The number of aromatic nitrogens is 2. The number of nitrogens with zero attached hydrogens (tertiary/aromatic N) is 2. The Hall–Kier alpha value is -1.20. The van der Waals surface area contributed by atoms with E-state index in [-0.39, 0.29) is 18.6 Å². The Morgan fingerprint density at radius 1 is 1.39 bits per heavy atom. The van der Waals surface area contributed by atoms with Gasteiger partial charge in [0.2, 0.25) is 0 Å². The van der Waals surface area contributed by atoms with Crippen LogP contribution in [0.25, 0.3) is 11.0 Å². The van der Waals surface area contributed by atoms with Crippen molar-refractivity contribution in [2.24, 2.45) is 5.92 Å². The minimum atomic E-state index is 0.163. The van der Waals surface area contributed by atoms with Crippen LogP contribution < -0.4 is 5.32 Å². The summed E-state index contributed by atoms with van der Waals surface area (Å²) < 4.78 is 0.913. The quantitative estimate of drug-likeness (QED) is 0.912. The fraction of sp³-hybridized carbons (Fsp3) is 0.385. The molecule has 2 N–H and O–H groups in total. The predicted molar refractivity (Wildman–Crippen MR) is 76.6 cm³/mol. The van der Waals surface area contributed by atoms with Gasteiger partial charge in [-0.3, -0.25) is 9.97 Å². The molecular formula is C13H16BrN3O. The number of hydrogen-bond acceptors (Lipinski definition) is 4. The molecule has 0 saturated heterocycles. The van der Waals surface area contributed by atoms with Crippen LogP contribution in [0.2, 0.25) is 0 Å². The standard InChI is InChI=1S/C13H16BrN3O/c1-8(7-18)9(2)17-11-3-4-15-12-5-10(14)6-16-13(11)12/h3-6,8-9,18H,7H2,1-2H3,(H,15,17). The SMILES string of the molecule is CC(CO)C(C)Nc1ccnc2cc(Br)cnc12. The van der Waals surface area contributed by atoms with Crippen LogP contribution in [0.1, 0.15) is 13.8 Å². The number of fused-ring (bicyclic) bond motifs is 1. The summed E-state index contributed by atoms with van der Waals surface area (Å²) in [4.78, 5) is 8.68. The lowest BCUT2D eigenvalue weighted by molar-refractivity contribution is 0.226. The highest BCUT2D eigenvalue weighted by Crippen LogP contribution is 2.23. The monoisotopic (exact) mass is 309 g/mol. The van der Waals surface area contributed by atoms with E-state index in [1.165, 1.54) is 0 Å². The van der Waals surface area contributed by atoms with Crippen molar-refractivity contribution in [3.63, 3.8) is 0 Å². The third-order valence-electron chi connectivity index (χ3n) is 3.07. The van der Waals surface area contributed by atoms with Crippen molar-refractivity contribution in [1.29, 1.82) is 0 Å². The highest BCUT2D eigenvalue weighted by Gasteiger charge is 2.12. The van der Waals surface area contributed by atoms with Crippen LogP contribution in [0.3, 0.4) is 0 Å². The first-order chi connectivity index (χ1) is 8.61. The van der Waals surface area contributed by atoms with Gasteiger partial charge in [-0.15, -0.1) is 0 Å². The van der Waals surface area contributed by atoms with Crippen molar-refractivity contribution in [3.05, 3.63) is 29.0 Å². The third-order valence-corrected chi connectivity index (χ3v) is 3.50. The van der Waals surface area contributed by atoms with E-state index >= 15 is 0 Å². The van der Waals surface area contributed by atoms with E-state index in [4.69, 9.17) is 5.11 Å². The maximum Gasteiger partial charge on any atom is 0.112 e. The molecule has 0 aliphatic rings. The van der Waals surface area contributed by atoms with Gasteiger partial charge >= 0.3 is 0 Å². The second kappa shape index (κ2) is 5.63. The fourth-order valence-corrected chi connectivity index (χ4v) is 1.99. The Balaban J connectivity index is 2.33. The van der Waals surface area contributed by atoms with Crippen LogP contribution in [0.5, 0.6) is 0 Å². The molecule has 2 rings (SSSR count). The lowest BCUT2D eigenvalue weighted by Crippen LogP contribution is -2.26.